The van der Waals surface area contributed by atoms with Crippen LogP contribution in [0.15, 0.2) is 42.2 Å². The van der Waals surface area contributed by atoms with Crippen molar-refractivity contribution in [1.29, 1.82) is 0 Å². The monoisotopic (exact) mass is 325 g/mol. The molecule has 6 nitrogen and oxygen atoms in total. The summed E-state index contributed by atoms with van der Waals surface area (Å²) in [7, 11) is 1.81. The van der Waals surface area contributed by atoms with Gasteiger partial charge in [0.15, 0.2) is 0 Å². The van der Waals surface area contributed by atoms with Gasteiger partial charge in [-0.05, 0) is 44.7 Å². The van der Waals surface area contributed by atoms with Crippen LogP contribution in [-0.2, 0) is 7.05 Å². The van der Waals surface area contributed by atoms with Gasteiger partial charge in [0.05, 0.1) is 5.69 Å². The highest BCUT2D eigenvalue weighted by molar-refractivity contribution is 5.89. The Morgan fingerprint density at radius 3 is 2.96 bits per heavy atom. The lowest BCUT2D eigenvalue weighted by Crippen LogP contribution is -2.38. The van der Waals surface area contributed by atoms with Crippen LogP contribution in [0.2, 0.25) is 0 Å². The molecular weight excluding hydrogens is 302 g/mol. The summed E-state index contributed by atoms with van der Waals surface area (Å²) in [5, 5.41) is 10.3. The Bertz CT molecular complexity index is 735. The number of anilines is 1. The number of aryl methyl sites for hydroxylation is 1. The van der Waals surface area contributed by atoms with Gasteiger partial charge in [-0.25, -0.2) is 4.79 Å². The number of urea groups is 1. The van der Waals surface area contributed by atoms with Gasteiger partial charge in [0.1, 0.15) is 5.82 Å². The maximum Gasteiger partial charge on any atom is 0.320 e. The number of amides is 2. The number of allylic oxidation sites excluding steroid dienone is 1. The van der Waals surface area contributed by atoms with Crippen molar-refractivity contribution in [2.45, 2.75) is 38.6 Å². The van der Waals surface area contributed by atoms with Gasteiger partial charge >= 0.3 is 6.03 Å². The number of carbonyl (C=O) groups is 1. The van der Waals surface area contributed by atoms with Crippen molar-refractivity contribution < 1.29 is 4.79 Å². The summed E-state index contributed by atoms with van der Waals surface area (Å²) in [6.07, 6.45) is 10.4. The fourth-order valence-corrected chi connectivity index (χ4v) is 2.94. The van der Waals surface area contributed by atoms with E-state index in [4.69, 9.17) is 0 Å². The number of hydrogen-bond donors (Lipinski definition) is 2. The smallest absolute Gasteiger partial charge is 0.320 e. The van der Waals surface area contributed by atoms with E-state index in [1.165, 1.54) is 18.4 Å². The summed E-state index contributed by atoms with van der Waals surface area (Å²) in [4.78, 5) is 16.4. The van der Waals surface area contributed by atoms with Gasteiger partial charge in [-0.1, -0.05) is 11.6 Å². The average molecular weight is 325 g/mol. The molecule has 0 spiro atoms. The molecule has 1 atom stereocenters. The van der Waals surface area contributed by atoms with Crippen molar-refractivity contribution in [3.63, 3.8) is 0 Å². The number of nitrogens with zero attached hydrogens (tertiary/aromatic N) is 3. The first-order chi connectivity index (χ1) is 11.6. The average Bonchev–Trinajstić information content (AvgIpc) is 2.97. The standard InChI is InChI=1S/C18H23N5O/c1-13(14-7-4-3-5-8-14)20-18(24)21-17-11-16(22-23(17)2)15-9-6-10-19-12-15/h6-7,9-13H,3-5,8H2,1-2H3,(H2,20,21,24)/t13-/m1/s1. The summed E-state index contributed by atoms with van der Waals surface area (Å²) in [6, 6.07) is 5.49. The highest BCUT2D eigenvalue weighted by atomic mass is 16.2. The Labute approximate surface area is 142 Å². The molecule has 24 heavy (non-hydrogen) atoms. The number of hydrogen-bond acceptors (Lipinski definition) is 3. The van der Waals surface area contributed by atoms with Crippen LogP contribution < -0.4 is 10.6 Å². The highest BCUT2D eigenvalue weighted by Crippen LogP contribution is 2.21. The van der Waals surface area contributed by atoms with E-state index in [9.17, 15) is 4.79 Å². The number of carbonyl (C=O) groups excluding carboxylic acids is 1. The molecule has 0 aromatic carbocycles. The Kier molecular flexibility index (Phi) is 4.93. The van der Waals surface area contributed by atoms with Gasteiger partial charge in [0.25, 0.3) is 0 Å². The van der Waals surface area contributed by atoms with Crippen molar-refractivity contribution in [2.75, 3.05) is 5.32 Å². The first-order valence-electron chi connectivity index (χ1n) is 8.34. The van der Waals surface area contributed by atoms with Crippen LogP contribution in [-0.4, -0.2) is 26.8 Å². The quantitative estimate of drug-likeness (QED) is 0.845. The largest absolute Gasteiger partial charge is 0.332 e. The van der Waals surface area contributed by atoms with E-state index in [1.807, 2.05) is 32.2 Å². The van der Waals surface area contributed by atoms with E-state index in [-0.39, 0.29) is 12.1 Å². The van der Waals surface area contributed by atoms with Gasteiger partial charge in [-0.15, -0.1) is 0 Å². The van der Waals surface area contributed by atoms with Crippen LogP contribution in [0.5, 0.6) is 0 Å². The molecule has 1 aliphatic rings. The zero-order valence-electron chi connectivity index (χ0n) is 14.1. The molecule has 126 valence electrons. The van der Waals surface area contributed by atoms with Gasteiger partial charge < -0.3 is 5.32 Å². The van der Waals surface area contributed by atoms with E-state index in [0.717, 1.165) is 24.1 Å². The predicted octanol–water partition coefficient (Wildman–Crippen LogP) is 3.49. The summed E-state index contributed by atoms with van der Waals surface area (Å²) in [6.45, 7) is 2.03. The summed E-state index contributed by atoms with van der Waals surface area (Å²) in [5.74, 6) is 0.649. The molecule has 0 radical (unpaired) electrons. The maximum absolute atomic E-state index is 12.3. The lowest BCUT2D eigenvalue weighted by molar-refractivity contribution is 0.250. The van der Waals surface area contributed by atoms with Crippen molar-refractivity contribution in [1.82, 2.24) is 20.1 Å². The highest BCUT2D eigenvalue weighted by Gasteiger charge is 2.15. The Morgan fingerprint density at radius 1 is 1.38 bits per heavy atom. The van der Waals surface area contributed by atoms with E-state index in [1.54, 1.807) is 17.1 Å². The fraction of sp³-hybridized carbons (Fsp3) is 0.389. The number of nitrogens with one attached hydrogen (secondary N) is 2. The summed E-state index contributed by atoms with van der Waals surface area (Å²) < 4.78 is 1.66. The van der Waals surface area contributed by atoms with Crippen molar-refractivity contribution in [3.8, 4) is 11.3 Å². The van der Waals surface area contributed by atoms with Gasteiger partial charge in [-0.2, -0.15) is 5.10 Å². The van der Waals surface area contributed by atoms with Crippen LogP contribution in [0.4, 0.5) is 10.6 Å². The Balaban J connectivity index is 1.64. The molecule has 2 aromatic rings. The summed E-state index contributed by atoms with van der Waals surface area (Å²) >= 11 is 0. The second-order valence-electron chi connectivity index (χ2n) is 6.13. The van der Waals surface area contributed by atoms with Crippen LogP contribution >= 0.6 is 0 Å². The normalized spacial score (nSPS) is 15.5. The van der Waals surface area contributed by atoms with Crippen LogP contribution in [0.1, 0.15) is 32.6 Å². The van der Waals surface area contributed by atoms with Crippen molar-refractivity contribution in [3.05, 3.63) is 42.2 Å². The second-order valence-corrected chi connectivity index (χ2v) is 6.13. The predicted molar refractivity (Wildman–Crippen MR) is 94.6 cm³/mol. The third-order valence-electron chi connectivity index (χ3n) is 4.31. The molecule has 3 rings (SSSR count). The van der Waals surface area contributed by atoms with Crippen molar-refractivity contribution in [2.24, 2.45) is 7.05 Å². The van der Waals surface area contributed by atoms with Gasteiger partial charge in [0.2, 0.25) is 0 Å². The molecule has 2 aromatic heterocycles. The summed E-state index contributed by atoms with van der Waals surface area (Å²) in [5.41, 5.74) is 3.02. The number of rotatable bonds is 4. The minimum absolute atomic E-state index is 0.0521. The fourth-order valence-electron chi connectivity index (χ4n) is 2.94. The molecule has 0 saturated heterocycles. The Hall–Kier alpha value is -2.63. The third-order valence-corrected chi connectivity index (χ3v) is 4.31. The zero-order chi connectivity index (χ0) is 16.9. The molecule has 0 aliphatic heterocycles. The lowest BCUT2D eigenvalue weighted by Gasteiger charge is -2.21. The van der Waals surface area contributed by atoms with Crippen LogP contribution in [0, 0.1) is 0 Å². The molecule has 0 unspecified atom stereocenters. The SMILES string of the molecule is C[C@@H](NC(=O)Nc1cc(-c2cccnc2)nn1C)C1=CCCCC1. The number of aromatic nitrogens is 3. The van der Waals surface area contributed by atoms with Gasteiger partial charge in [0, 0.05) is 37.1 Å². The molecular formula is C18H23N5O. The van der Waals surface area contributed by atoms with Crippen LogP contribution in [0.25, 0.3) is 11.3 Å². The molecule has 2 amide bonds. The molecule has 0 saturated carbocycles. The molecule has 0 bridgehead atoms. The van der Waals surface area contributed by atoms with E-state index >= 15 is 0 Å². The molecule has 2 N–H and O–H groups in total. The van der Waals surface area contributed by atoms with E-state index < -0.39 is 0 Å². The molecule has 6 heteroatoms. The van der Waals surface area contributed by atoms with E-state index in [2.05, 4.69) is 26.8 Å². The van der Waals surface area contributed by atoms with E-state index in [0.29, 0.717) is 5.82 Å². The van der Waals surface area contributed by atoms with Crippen LogP contribution in [0.3, 0.4) is 0 Å². The minimum atomic E-state index is -0.213. The van der Waals surface area contributed by atoms with Crippen molar-refractivity contribution >= 4 is 11.8 Å². The topological polar surface area (TPSA) is 71.8 Å². The first kappa shape index (κ1) is 16.2. The zero-order valence-corrected chi connectivity index (χ0v) is 14.1. The van der Waals surface area contributed by atoms with Gasteiger partial charge in [-0.3, -0.25) is 15.0 Å². The number of pyridine rings is 1. The molecule has 0 fully saturated rings. The molecule has 2 heterocycles. The Morgan fingerprint density at radius 2 is 2.25 bits per heavy atom. The second kappa shape index (κ2) is 7.29. The maximum atomic E-state index is 12.3. The first-order valence-corrected chi connectivity index (χ1v) is 8.34. The molecule has 1 aliphatic carbocycles. The third kappa shape index (κ3) is 3.82. The minimum Gasteiger partial charge on any atom is -0.332 e. The lowest BCUT2D eigenvalue weighted by atomic mass is 9.95.